The maximum atomic E-state index is 13.0. The van der Waals surface area contributed by atoms with Gasteiger partial charge in [0.05, 0.1) is 15.6 Å². The second kappa shape index (κ2) is 6.76. The smallest absolute Gasteiger partial charge is 0.282 e. The average molecular weight is 341 g/mol. The first-order chi connectivity index (χ1) is 10.4. The molecule has 0 radical (unpaired) electrons. The topological polar surface area (TPSA) is 72.2 Å². The average Bonchev–Trinajstić information content (AvgIpc) is 2.49. The highest BCUT2D eigenvalue weighted by molar-refractivity contribution is 7.98. The highest BCUT2D eigenvalue weighted by Crippen LogP contribution is 2.27. The SMILES string of the molecule is CSc1ccc([N+](=O)[O-])c(C(=O)Nc2ccc(F)cc2Cl)c1. The molecule has 0 atom stereocenters. The number of rotatable bonds is 4. The highest BCUT2D eigenvalue weighted by atomic mass is 35.5. The van der Waals surface area contributed by atoms with Crippen molar-refractivity contribution in [2.75, 3.05) is 11.6 Å². The highest BCUT2D eigenvalue weighted by Gasteiger charge is 2.21. The Balaban J connectivity index is 2.38. The number of thioether (sulfide) groups is 1. The predicted octanol–water partition coefficient (Wildman–Crippen LogP) is 4.36. The standard InChI is InChI=1S/C14H10ClFN2O3S/c1-22-9-3-5-13(18(20)21)10(7-9)14(19)17-12-4-2-8(16)6-11(12)15/h2-7H,1H3,(H,17,19). The number of amides is 1. The van der Waals surface area contributed by atoms with E-state index in [0.717, 1.165) is 12.1 Å². The molecule has 2 aromatic rings. The molecule has 22 heavy (non-hydrogen) atoms. The maximum absolute atomic E-state index is 13.0. The number of anilines is 1. The molecule has 0 aliphatic heterocycles. The lowest BCUT2D eigenvalue weighted by Crippen LogP contribution is -2.14. The summed E-state index contributed by atoms with van der Waals surface area (Å²) in [6.45, 7) is 0. The summed E-state index contributed by atoms with van der Waals surface area (Å²) in [5.41, 5.74) is -0.220. The first-order valence-electron chi connectivity index (χ1n) is 6.01. The van der Waals surface area contributed by atoms with E-state index in [4.69, 9.17) is 11.6 Å². The van der Waals surface area contributed by atoms with Crippen LogP contribution in [-0.2, 0) is 0 Å². The first kappa shape index (κ1) is 16.3. The number of halogens is 2. The summed E-state index contributed by atoms with van der Waals surface area (Å²) >= 11 is 7.18. The molecule has 1 amide bonds. The quantitative estimate of drug-likeness (QED) is 0.510. The summed E-state index contributed by atoms with van der Waals surface area (Å²) in [4.78, 5) is 23.4. The molecular formula is C14H10ClFN2O3S. The number of benzene rings is 2. The molecule has 0 unspecified atom stereocenters. The molecule has 0 spiro atoms. The summed E-state index contributed by atoms with van der Waals surface area (Å²) in [5, 5.41) is 13.5. The Kier molecular flexibility index (Phi) is 4.99. The van der Waals surface area contributed by atoms with Crippen LogP contribution in [0.25, 0.3) is 0 Å². The zero-order valence-electron chi connectivity index (χ0n) is 11.3. The Labute approximate surface area is 134 Å². The number of carbonyl (C=O) groups is 1. The van der Waals surface area contributed by atoms with Crippen LogP contribution in [0.5, 0.6) is 0 Å². The minimum absolute atomic E-state index is 0.0111. The molecule has 5 nitrogen and oxygen atoms in total. The molecule has 2 aromatic carbocycles. The van der Waals surface area contributed by atoms with Crippen molar-refractivity contribution >= 4 is 40.6 Å². The number of nitrogens with one attached hydrogen (secondary N) is 1. The fourth-order valence-corrected chi connectivity index (χ4v) is 2.42. The van der Waals surface area contributed by atoms with Gasteiger partial charge < -0.3 is 5.32 Å². The number of carbonyl (C=O) groups excluding carboxylic acids is 1. The van der Waals surface area contributed by atoms with Gasteiger partial charge >= 0.3 is 0 Å². The molecular weight excluding hydrogens is 331 g/mol. The molecule has 0 saturated heterocycles. The molecule has 0 aliphatic carbocycles. The van der Waals surface area contributed by atoms with Crippen LogP contribution in [0.4, 0.5) is 15.8 Å². The summed E-state index contributed by atoms with van der Waals surface area (Å²) in [6, 6.07) is 7.73. The molecule has 0 fully saturated rings. The lowest BCUT2D eigenvalue weighted by molar-refractivity contribution is -0.385. The van der Waals surface area contributed by atoms with Crippen molar-refractivity contribution in [2.24, 2.45) is 0 Å². The molecule has 8 heteroatoms. The first-order valence-corrected chi connectivity index (χ1v) is 7.61. The van der Waals surface area contributed by atoms with E-state index in [1.165, 1.54) is 30.0 Å². The van der Waals surface area contributed by atoms with Gasteiger partial charge in [0.2, 0.25) is 0 Å². The van der Waals surface area contributed by atoms with Crippen molar-refractivity contribution in [1.82, 2.24) is 0 Å². The van der Waals surface area contributed by atoms with Crippen molar-refractivity contribution in [3.8, 4) is 0 Å². The van der Waals surface area contributed by atoms with Crippen LogP contribution >= 0.6 is 23.4 Å². The van der Waals surface area contributed by atoms with E-state index in [-0.39, 0.29) is 22.0 Å². The molecule has 114 valence electrons. The summed E-state index contributed by atoms with van der Waals surface area (Å²) in [6.07, 6.45) is 1.79. The number of hydrogen-bond donors (Lipinski definition) is 1. The monoisotopic (exact) mass is 340 g/mol. The summed E-state index contributed by atoms with van der Waals surface area (Å²) < 4.78 is 13.0. The third-order valence-electron chi connectivity index (χ3n) is 2.82. The predicted molar refractivity (Wildman–Crippen MR) is 84.2 cm³/mol. The van der Waals surface area contributed by atoms with Gasteiger partial charge in [-0.25, -0.2) is 4.39 Å². The second-order valence-electron chi connectivity index (χ2n) is 4.22. The Morgan fingerprint density at radius 3 is 2.64 bits per heavy atom. The van der Waals surface area contributed by atoms with Gasteiger partial charge in [0.25, 0.3) is 11.6 Å². The van der Waals surface area contributed by atoms with Gasteiger partial charge in [-0.15, -0.1) is 11.8 Å². The largest absolute Gasteiger partial charge is 0.320 e. The van der Waals surface area contributed by atoms with Crippen LogP contribution < -0.4 is 5.32 Å². The Hall–Kier alpha value is -2.12. The van der Waals surface area contributed by atoms with Crippen molar-refractivity contribution in [3.05, 3.63) is 62.9 Å². The van der Waals surface area contributed by atoms with Gasteiger partial charge in [0.15, 0.2) is 0 Å². The van der Waals surface area contributed by atoms with Crippen molar-refractivity contribution < 1.29 is 14.1 Å². The van der Waals surface area contributed by atoms with Gasteiger partial charge in [0, 0.05) is 11.0 Å². The van der Waals surface area contributed by atoms with Crippen LogP contribution in [0, 0.1) is 15.9 Å². The maximum Gasteiger partial charge on any atom is 0.282 e. The molecule has 1 N–H and O–H groups in total. The van der Waals surface area contributed by atoms with Crippen molar-refractivity contribution in [1.29, 1.82) is 0 Å². The van der Waals surface area contributed by atoms with Gasteiger partial charge in [-0.2, -0.15) is 0 Å². The minimum Gasteiger partial charge on any atom is -0.320 e. The number of nitro groups is 1. The van der Waals surface area contributed by atoms with E-state index in [9.17, 15) is 19.3 Å². The zero-order chi connectivity index (χ0) is 16.3. The van der Waals surface area contributed by atoms with Crippen LogP contribution in [0.2, 0.25) is 5.02 Å². The van der Waals surface area contributed by atoms with Crippen LogP contribution in [0.1, 0.15) is 10.4 Å². The van der Waals surface area contributed by atoms with E-state index in [2.05, 4.69) is 5.32 Å². The fourth-order valence-electron chi connectivity index (χ4n) is 1.76. The van der Waals surface area contributed by atoms with Gasteiger partial charge in [-0.1, -0.05) is 11.6 Å². The number of nitrogens with zero attached hydrogens (tertiary/aromatic N) is 1. The Bertz CT molecular complexity index is 755. The Morgan fingerprint density at radius 1 is 1.32 bits per heavy atom. The van der Waals surface area contributed by atoms with Gasteiger partial charge in [0.1, 0.15) is 11.4 Å². The molecule has 0 heterocycles. The number of hydrogen-bond acceptors (Lipinski definition) is 4. The molecule has 0 bridgehead atoms. The van der Waals surface area contributed by atoms with Gasteiger partial charge in [-0.05, 0) is 36.6 Å². The van der Waals surface area contributed by atoms with Crippen molar-refractivity contribution in [2.45, 2.75) is 4.90 Å². The molecule has 0 aromatic heterocycles. The fraction of sp³-hybridized carbons (Fsp3) is 0.0714. The van der Waals surface area contributed by atoms with E-state index in [1.54, 1.807) is 12.3 Å². The number of nitro benzene ring substituents is 1. The summed E-state index contributed by atoms with van der Waals surface area (Å²) in [5.74, 6) is -1.23. The van der Waals surface area contributed by atoms with E-state index >= 15 is 0 Å². The van der Waals surface area contributed by atoms with E-state index < -0.39 is 16.6 Å². The van der Waals surface area contributed by atoms with E-state index in [0.29, 0.717) is 4.90 Å². The third kappa shape index (κ3) is 3.55. The normalized spacial score (nSPS) is 10.3. The molecule has 0 aliphatic rings. The second-order valence-corrected chi connectivity index (χ2v) is 5.51. The van der Waals surface area contributed by atoms with Crippen LogP contribution in [0.3, 0.4) is 0 Å². The van der Waals surface area contributed by atoms with Gasteiger partial charge in [-0.3, -0.25) is 14.9 Å². The van der Waals surface area contributed by atoms with E-state index in [1.807, 2.05) is 0 Å². The lowest BCUT2D eigenvalue weighted by Gasteiger charge is -2.08. The molecule has 0 saturated carbocycles. The zero-order valence-corrected chi connectivity index (χ0v) is 12.9. The van der Waals surface area contributed by atoms with Crippen LogP contribution in [-0.4, -0.2) is 17.1 Å². The Morgan fingerprint density at radius 2 is 2.05 bits per heavy atom. The summed E-state index contributed by atoms with van der Waals surface area (Å²) in [7, 11) is 0. The molecule has 2 rings (SSSR count). The van der Waals surface area contributed by atoms with Crippen LogP contribution in [0.15, 0.2) is 41.3 Å². The van der Waals surface area contributed by atoms with Crippen molar-refractivity contribution in [3.63, 3.8) is 0 Å². The minimum atomic E-state index is -0.684. The lowest BCUT2D eigenvalue weighted by atomic mass is 10.1. The third-order valence-corrected chi connectivity index (χ3v) is 3.86.